The van der Waals surface area contributed by atoms with Gasteiger partial charge >= 0.3 is 0 Å². The molecular weight excluding hydrogens is 454 g/mol. The van der Waals surface area contributed by atoms with Gasteiger partial charge in [0.1, 0.15) is 5.69 Å². The quantitative estimate of drug-likeness (QED) is 0.434. The van der Waals surface area contributed by atoms with E-state index in [0.717, 1.165) is 18.4 Å². The molecule has 8 nitrogen and oxygen atoms in total. The number of carbonyl (C=O) groups is 1. The van der Waals surface area contributed by atoms with Gasteiger partial charge in [-0.1, -0.05) is 36.4 Å². The lowest BCUT2D eigenvalue weighted by Gasteiger charge is -2.29. The normalized spacial score (nSPS) is 15.7. The van der Waals surface area contributed by atoms with Crippen LogP contribution in [0, 0.1) is 12.8 Å². The van der Waals surface area contributed by atoms with Crippen LogP contribution in [0.1, 0.15) is 34.6 Å². The average molecular weight is 484 g/mol. The van der Waals surface area contributed by atoms with Gasteiger partial charge in [0.05, 0.1) is 18.4 Å². The second-order valence-electron chi connectivity index (χ2n) is 8.70. The lowest BCUT2D eigenvalue weighted by molar-refractivity contribution is 0.0775. The molecule has 0 bridgehead atoms. The number of aryl methyl sites for hydroxylation is 1. The van der Waals surface area contributed by atoms with Crippen LogP contribution in [0.15, 0.2) is 76.4 Å². The van der Waals surface area contributed by atoms with Crippen molar-refractivity contribution in [3.8, 4) is 0 Å². The Morgan fingerprint density at radius 3 is 2.56 bits per heavy atom. The molecule has 0 radical (unpaired) electrons. The summed E-state index contributed by atoms with van der Waals surface area (Å²) in [6, 6.07) is 16.8. The zero-order valence-electron chi connectivity index (χ0n) is 19.0. The number of furan rings is 1. The molecule has 0 saturated heterocycles. The monoisotopic (exact) mass is 483 g/mol. The third kappa shape index (κ3) is 6.11. The number of pyridine rings is 1. The molecule has 34 heavy (non-hydrogen) atoms. The largest absolute Gasteiger partial charge is 0.452 e. The third-order valence-corrected chi connectivity index (χ3v) is 7.56. The van der Waals surface area contributed by atoms with Crippen LogP contribution >= 0.6 is 0 Å². The van der Waals surface area contributed by atoms with E-state index in [4.69, 9.17) is 4.42 Å². The van der Waals surface area contributed by atoms with E-state index in [0.29, 0.717) is 18.7 Å². The van der Waals surface area contributed by atoms with Crippen LogP contribution in [0.2, 0.25) is 0 Å². The summed E-state index contributed by atoms with van der Waals surface area (Å²) in [6.07, 6.45) is 2.38. The molecule has 2 heterocycles. The van der Waals surface area contributed by atoms with Gasteiger partial charge in [0, 0.05) is 18.8 Å². The molecule has 2 N–H and O–H groups in total. The highest BCUT2D eigenvalue weighted by Gasteiger charge is 2.36. The van der Waals surface area contributed by atoms with Gasteiger partial charge in [0.2, 0.25) is 5.09 Å². The molecule has 1 aromatic carbocycles. The average Bonchev–Trinajstić information content (AvgIpc) is 3.46. The van der Waals surface area contributed by atoms with Crippen molar-refractivity contribution in [2.24, 2.45) is 5.92 Å². The van der Waals surface area contributed by atoms with Gasteiger partial charge in [-0.15, -0.1) is 0 Å². The Morgan fingerprint density at radius 1 is 1.15 bits per heavy atom. The number of hydrogen-bond acceptors (Lipinski definition) is 6. The second-order valence-corrected chi connectivity index (χ2v) is 10.6. The highest BCUT2D eigenvalue weighted by molar-refractivity contribution is 7.89. The molecular formula is C25H29N3O5S. The fourth-order valence-corrected chi connectivity index (χ4v) is 5.23. The first-order valence-electron chi connectivity index (χ1n) is 11.3. The van der Waals surface area contributed by atoms with Gasteiger partial charge in [-0.25, -0.2) is 13.4 Å². The Bertz CT molecular complexity index is 1190. The van der Waals surface area contributed by atoms with Crippen LogP contribution in [0.5, 0.6) is 0 Å². The number of aliphatic hydroxyl groups is 1. The maximum Gasteiger partial charge on any atom is 0.276 e. The van der Waals surface area contributed by atoms with E-state index in [1.165, 1.54) is 22.7 Å². The molecule has 1 saturated carbocycles. The van der Waals surface area contributed by atoms with Crippen molar-refractivity contribution in [2.75, 3.05) is 13.1 Å². The summed E-state index contributed by atoms with van der Waals surface area (Å²) in [5.74, 6) is -0.165. The summed E-state index contributed by atoms with van der Waals surface area (Å²) in [6.45, 7) is 1.92. The summed E-state index contributed by atoms with van der Waals surface area (Å²) in [7, 11) is -3.92. The zero-order chi connectivity index (χ0) is 24.1. The fourth-order valence-electron chi connectivity index (χ4n) is 3.80. The number of carbonyl (C=O) groups excluding carboxylic acids is 1. The van der Waals surface area contributed by atoms with Crippen LogP contribution in [0.25, 0.3) is 0 Å². The van der Waals surface area contributed by atoms with Crippen LogP contribution in [0.4, 0.5) is 0 Å². The second kappa shape index (κ2) is 10.5. The van der Waals surface area contributed by atoms with Crippen molar-refractivity contribution in [3.05, 3.63) is 83.9 Å². The van der Waals surface area contributed by atoms with Gasteiger partial charge < -0.3 is 14.8 Å². The Morgan fingerprint density at radius 2 is 1.91 bits per heavy atom. The van der Waals surface area contributed by atoms with Crippen LogP contribution in [-0.2, 0) is 16.4 Å². The van der Waals surface area contributed by atoms with Crippen LogP contribution < -0.4 is 5.32 Å². The number of nitrogens with zero attached hydrogens (tertiary/aromatic N) is 2. The Labute approximate surface area is 199 Å². The van der Waals surface area contributed by atoms with E-state index in [1.807, 2.05) is 30.3 Å². The highest BCUT2D eigenvalue weighted by atomic mass is 32.2. The van der Waals surface area contributed by atoms with E-state index < -0.39 is 28.1 Å². The smallest absolute Gasteiger partial charge is 0.276 e. The Balaban J connectivity index is 1.56. The molecule has 0 unspecified atom stereocenters. The Kier molecular flexibility index (Phi) is 7.45. The van der Waals surface area contributed by atoms with Crippen LogP contribution in [-0.4, -0.2) is 54.0 Å². The number of hydrogen-bond donors (Lipinski definition) is 2. The molecule has 1 aliphatic carbocycles. The maximum absolute atomic E-state index is 13.2. The number of sulfonamides is 1. The van der Waals surface area contributed by atoms with E-state index >= 15 is 0 Å². The van der Waals surface area contributed by atoms with Crippen molar-refractivity contribution in [1.82, 2.24) is 14.6 Å². The standard InChI is InChI=1S/C25H29N3O5S/c1-18-7-5-10-21(26-18)25(30)27-22(15-19-8-3-2-4-9-19)23(29)17-28(16-20-12-13-20)34(31,32)24-11-6-14-33-24/h2-11,14,20,22-23,29H,12-13,15-17H2,1H3,(H,27,30)/t22-,23+/m0/s1. The van der Waals surface area contributed by atoms with Gasteiger partial charge in [-0.05, 0) is 61.9 Å². The van der Waals surface area contributed by atoms with Gasteiger partial charge in [-0.3, -0.25) is 4.79 Å². The van der Waals surface area contributed by atoms with Gasteiger partial charge in [-0.2, -0.15) is 4.31 Å². The zero-order valence-corrected chi connectivity index (χ0v) is 19.8. The lowest BCUT2D eigenvalue weighted by atomic mass is 10.0. The number of aromatic nitrogens is 1. The molecule has 1 aliphatic rings. The molecule has 0 spiro atoms. The SMILES string of the molecule is Cc1cccc(C(=O)N[C@@H](Cc2ccccc2)[C@H](O)CN(CC2CC2)S(=O)(=O)c2ccco2)n1. The fraction of sp³-hybridized carbons (Fsp3) is 0.360. The van der Waals surface area contributed by atoms with Crippen molar-refractivity contribution >= 4 is 15.9 Å². The van der Waals surface area contributed by atoms with E-state index in [1.54, 1.807) is 25.1 Å². The number of nitrogens with one attached hydrogen (secondary N) is 1. The first kappa shape index (κ1) is 24.1. The molecule has 1 amide bonds. The summed E-state index contributed by atoms with van der Waals surface area (Å²) < 4.78 is 32.8. The Hall–Kier alpha value is -3.01. The minimum atomic E-state index is -3.92. The molecule has 2 aromatic heterocycles. The van der Waals surface area contributed by atoms with Crippen molar-refractivity contribution in [2.45, 2.75) is 43.4 Å². The predicted octanol–water partition coefficient (Wildman–Crippen LogP) is 2.79. The molecule has 3 aromatic rings. The number of amides is 1. The predicted molar refractivity (Wildman–Crippen MR) is 127 cm³/mol. The van der Waals surface area contributed by atoms with Crippen LogP contribution in [0.3, 0.4) is 0 Å². The van der Waals surface area contributed by atoms with Crippen molar-refractivity contribution < 1.29 is 22.7 Å². The van der Waals surface area contributed by atoms with E-state index in [-0.39, 0.29) is 23.2 Å². The molecule has 9 heteroatoms. The van der Waals surface area contributed by atoms with Gasteiger partial charge in [0.25, 0.3) is 15.9 Å². The third-order valence-electron chi connectivity index (χ3n) is 5.84. The number of rotatable bonds is 11. The van der Waals surface area contributed by atoms with Crippen molar-refractivity contribution in [1.29, 1.82) is 0 Å². The first-order chi connectivity index (χ1) is 16.3. The summed E-state index contributed by atoms with van der Waals surface area (Å²) >= 11 is 0. The summed E-state index contributed by atoms with van der Waals surface area (Å²) in [5, 5.41) is 13.9. The van der Waals surface area contributed by atoms with E-state index in [2.05, 4.69) is 10.3 Å². The van der Waals surface area contributed by atoms with Crippen molar-refractivity contribution in [3.63, 3.8) is 0 Å². The number of aliphatic hydroxyl groups excluding tert-OH is 1. The minimum Gasteiger partial charge on any atom is -0.452 e. The maximum atomic E-state index is 13.2. The molecule has 180 valence electrons. The highest BCUT2D eigenvalue weighted by Crippen LogP contribution is 2.32. The minimum absolute atomic E-state index is 0.159. The topological polar surface area (TPSA) is 113 Å². The summed E-state index contributed by atoms with van der Waals surface area (Å²) in [4.78, 5) is 17.2. The lowest BCUT2D eigenvalue weighted by Crippen LogP contribution is -2.51. The molecule has 0 aliphatic heterocycles. The first-order valence-corrected chi connectivity index (χ1v) is 12.8. The summed E-state index contributed by atoms with van der Waals surface area (Å²) in [5.41, 5.74) is 1.85. The molecule has 4 rings (SSSR count). The molecule has 2 atom stereocenters. The number of benzene rings is 1. The van der Waals surface area contributed by atoms with E-state index in [9.17, 15) is 18.3 Å². The molecule has 1 fully saturated rings. The van der Waals surface area contributed by atoms with Gasteiger partial charge in [0.15, 0.2) is 0 Å².